The number of hydrogen-bond acceptors (Lipinski definition) is 4. The molecule has 4 nitrogen and oxygen atoms in total. The molecule has 0 amide bonds. The molecule has 0 bridgehead atoms. The minimum absolute atomic E-state index is 0.0398. The molecule has 0 fully saturated rings. The Kier molecular flexibility index (Phi) is 8.20. The van der Waals surface area contributed by atoms with Gasteiger partial charge in [0.1, 0.15) is 0 Å². The fourth-order valence-electron chi connectivity index (χ4n) is 2.95. The lowest BCUT2D eigenvalue weighted by Gasteiger charge is -2.41. The van der Waals surface area contributed by atoms with Crippen LogP contribution < -0.4 is 5.32 Å². The first-order valence-corrected chi connectivity index (χ1v) is 13.1. The van der Waals surface area contributed by atoms with Crippen molar-refractivity contribution >= 4 is 14.3 Å². The Bertz CT molecular complexity index is 757. The summed E-state index contributed by atoms with van der Waals surface area (Å²) in [7, 11) is -0.666. The normalized spacial score (nSPS) is 14.3. The van der Waals surface area contributed by atoms with Crippen LogP contribution in [0.4, 0.5) is 0 Å². The first kappa shape index (κ1) is 23.3. The quantitative estimate of drug-likeness (QED) is 0.446. The van der Waals surface area contributed by atoms with Gasteiger partial charge >= 0.3 is 5.97 Å². The molecule has 0 saturated heterocycles. The highest BCUT2D eigenvalue weighted by Gasteiger charge is 2.42. The number of rotatable bonds is 9. The van der Waals surface area contributed by atoms with Gasteiger partial charge in [0.2, 0.25) is 0 Å². The van der Waals surface area contributed by atoms with Crippen LogP contribution in [0.3, 0.4) is 0 Å². The van der Waals surface area contributed by atoms with Gasteiger partial charge in [-0.1, -0.05) is 81.4 Å². The van der Waals surface area contributed by atoms with Gasteiger partial charge in [-0.3, -0.25) is 4.79 Å². The summed E-state index contributed by atoms with van der Waals surface area (Å²) in [5.74, 6) is -0.682. The molecule has 0 aromatic heterocycles. The van der Waals surface area contributed by atoms with Crippen molar-refractivity contribution in [2.75, 3.05) is 13.7 Å². The van der Waals surface area contributed by atoms with Crippen LogP contribution in [-0.2, 0) is 20.5 Å². The number of ether oxygens (including phenoxy) is 1. The fraction of sp³-hybridized carbons (Fsp3) is 0.458. The third-order valence-electron chi connectivity index (χ3n) is 5.76. The predicted molar refractivity (Wildman–Crippen MR) is 121 cm³/mol. The SMILES string of the molecule is COC(=O)[C@@H](CNCc1ccccc1)[C@H](O[Si](C)(C)C(C)(C)C)c1ccccc1. The average molecular weight is 414 g/mol. The zero-order valence-corrected chi connectivity index (χ0v) is 19.6. The van der Waals surface area contributed by atoms with Crippen molar-refractivity contribution in [2.24, 2.45) is 5.92 Å². The van der Waals surface area contributed by atoms with Gasteiger partial charge < -0.3 is 14.5 Å². The number of benzene rings is 2. The summed E-state index contributed by atoms with van der Waals surface area (Å²) in [6, 6.07) is 20.2. The molecule has 0 heterocycles. The van der Waals surface area contributed by atoms with Crippen LogP contribution in [0.25, 0.3) is 0 Å². The standard InChI is InChI=1S/C24H35NO3Si/c1-24(2,3)29(5,6)28-22(20-15-11-8-12-16-20)21(23(26)27-4)18-25-17-19-13-9-7-10-14-19/h7-16,21-22,25H,17-18H2,1-6H3/t21-,22+/m0/s1. The summed E-state index contributed by atoms with van der Waals surface area (Å²) in [5.41, 5.74) is 2.19. The molecule has 2 aromatic rings. The number of carbonyl (C=O) groups excluding carboxylic acids is 1. The maximum Gasteiger partial charge on any atom is 0.312 e. The van der Waals surface area contributed by atoms with E-state index < -0.39 is 14.2 Å². The number of hydrogen-bond donors (Lipinski definition) is 1. The van der Waals surface area contributed by atoms with Gasteiger partial charge in [0.25, 0.3) is 0 Å². The molecule has 0 aliphatic carbocycles. The lowest BCUT2D eigenvalue weighted by atomic mass is 9.95. The van der Waals surface area contributed by atoms with E-state index in [1.165, 1.54) is 12.7 Å². The van der Waals surface area contributed by atoms with Crippen molar-refractivity contribution < 1.29 is 14.0 Å². The highest BCUT2D eigenvalue weighted by Crippen LogP contribution is 2.41. The fourth-order valence-corrected chi connectivity index (χ4v) is 4.24. The van der Waals surface area contributed by atoms with Crippen LogP contribution in [0.15, 0.2) is 60.7 Å². The van der Waals surface area contributed by atoms with Gasteiger partial charge in [0.05, 0.1) is 19.1 Å². The zero-order chi connectivity index (χ0) is 21.5. The summed E-state index contributed by atoms with van der Waals surface area (Å²) in [5, 5.41) is 3.47. The van der Waals surface area contributed by atoms with Crippen LogP contribution in [0.2, 0.25) is 18.1 Å². The number of carbonyl (C=O) groups is 1. The van der Waals surface area contributed by atoms with E-state index in [9.17, 15) is 4.79 Å². The Balaban J connectivity index is 2.27. The van der Waals surface area contributed by atoms with E-state index in [1.54, 1.807) is 0 Å². The van der Waals surface area contributed by atoms with E-state index >= 15 is 0 Å². The first-order valence-electron chi connectivity index (χ1n) is 10.2. The zero-order valence-electron chi connectivity index (χ0n) is 18.6. The molecule has 29 heavy (non-hydrogen) atoms. The summed E-state index contributed by atoms with van der Waals surface area (Å²) in [6.07, 6.45) is -0.354. The molecular formula is C24H35NO3Si. The van der Waals surface area contributed by atoms with Gasteiger partial charge in [-0.15, -0.1) is 0 Å². The minimum Gasteiger partial charge on any atom is -0.469 e. The number of nitrogens with one attached hydrogen (secondary N) is 1. The van der Waals surface area contributed by atoms with E-state index in [-0.39, 0.29) is 17.1 Å². The molecule has 0 spiro atoms. The highest BCUT2D eigenvalue weighted by molar-refractivity contribution is 6.74. The maximum atomic E-state index is 12.8. The summed E-state index contributed by atoms with van der Waals surface area (Å²) in [4.78, 5) is 12.8. The molecule has 2 aromatic carbocycles. The lowest BCUT2D eigenvalue weighted by Crippen LogP contribution is -2.45. The van der Waals surface area contributed by atoms with Crippen LogP contribution in [0, 0.1) is 5.92 Å². The number of esters is 1. The molecule has 0 radical (unpaired) electrons. The Morgan fingerprint density at radius 2 is 1.55 bits per heavy atom. The largest absolute Gasteiger partial charge is 0.469 e. The van der Waals surface area contributed by atoms with Crippen molar-refractivity contribution in [3.05, 3.63) is 71.8 Å². The van der Waals surface area contributed by atoms with Gasteiger partial charge in [-0.2, -0.15) is 0 Å². The van der Waals surface area contributed by atoms with E-state index in [0.717, 1.165) is 5.56 Å². The molecule has 2 atom stereocenters. The Morgan fingerprint density at radius 1 is 1.00 bits per heavy atom. The van der Waals surface area contributed by atoms with Crippen LogP contribution in [0.1, 0.15) is 38.0 Å². The topological polar surface area (TPSA) is 47.6 Å². The Morgan fingerprint density at radius 3 is 2.07 bits per heavy atom. The smallest absolute Gasteiger partial charge is 0.312 e. The summed E-state index contributed by atoms with van der Waals surface area (Å²) < 4.78 is 11.9. The second-order valence-electron chi connectivity index (χ2n) is 8.96. The Labute approximate surface area is 176 Å². The molecule has 158 valence electrons. The third-order valence-corrected chi connectivity index (χ3v) is 10.2. The lowest BCUT2D eigenvalue weighted by molar-refractivity contribution is -0.149. The Hall–Kier alpha value is -1.95. The first-order chi connectivity index (χ1) is 13.7. The van der Waals surface area contributed by atoms with Gasteiger partial charge in [0, 0.05) is 13.1 Å². The monoisotopic (exact) mass is 413 g/mol. The van der Waals surface area contributed by atoms with Gasteiger partial charge in [0.15, 0.2) is 8.32 Å². The van der Waals surface area contributed by atoms with Gasteiger partial charge in [-0.05, 0) is 29.3 Å². The maximum absolute atomic E-state index is 12.8. The molecule has 0 aliphatic heterocycles. The van der Waals surface area contributed by atoms with Crippen LogP contribution in [-0.4, -0.2) is 27.9 Å². The predicted octanol–water partition coefficient (Wildman–Crippen LogP) is 5.33. The van der Waals surface area contributed by atoms with Crippen molar-refractivity contribution in [2.45, 2.75) is 51.6 Å². The van der Waals surface area contributed by atoms with Gasteiger partial charge in [-0.25, -0.2) is 0 Å². The van der Waals surface area contributed by atoms with Crippen LogP contribution >= 0.6 is 0 Å². The van der Waals surface area contributed by atoms with E-state index in [4.69, 9.17) is 9.16 Å². The molecular weight excluding hydrogens is 378 g/mol. The summed E-state index contributed by atoms with van der Waals surface area (Å²) >= 11 is 0. The second-order valence-corrected chi connectivity index (χ2v) is 13.7. The molecule has 1 N–H and O–H groups in total. The third kappa shape index (κ3) is 6.52. The summed E-state index contributed by atoms with van der Waals surface area (Å²) in [6.45, 7) is 12.2. The van der Waals surface area contributed by atoms with Crippen molar-refractivity contribution in [3.63, 3.8) is 0 Å². The van der Waals surface area contributed by atoms with E-state index in [2.05, 4.69) is 51.3 Å². The van der Waals surface area contributed by atoms with E-state index in [0.29, 0.717) is 13.1 Å². The molecule has 0 aliphatic rings. The van der Waals surface area contributed by atoms with Crippen molar-refractivity contribution in [1.29, 1.82) is 0 Å². The minimum atomic E-state index is -2.11. The molecule has 0 saturated carbocycles. The number of methoxy groups -OCH3 is 1. The average Bonchev–Trinajstić information content (AvgIpc) is 2.70. The van der Waals surface area contributed by atoms with Crippen molar-refractivity contribution in [1.82, 2.24) is 5.32 Å². The highest BCUT2D eigenvalue weighted by atomic mass is 28.4. The molecule has 5 heteroatoms. The second kappa shape index (κ2) is 10.2. The van der Waals surface area contributed by atoms with E-state index in [1.807, 2.05) is 48.5 Å². The molecule has 0 unspecified atom stereocenters. The molecule has 2 rings (SSSR count). The van der Waals surface area contributed by atoms with Crippen molar-refractivity contribution in [3.8, 4) is 0 Å². The van der Waals surface area contributed by atoms with Crippen LogP contribution in [0.5, 0.6) is 0 Å².